The van der Waals surface area contributed by atoms with Crippen LogP contribution in [0, 0.1) is 0 Å². The van der Waals surface area contributed by atoms with Crippen molar-refractivity contribution in [3.63, 3.8) is 0 Å². The molecule has 2 rings (SSSR count). The number of nitrogens with one attached hydrogen (secondary N) is 1. The average molecular weight is 287 g/mol. The fourth-order valence-electron chi connectivity index (χ4n) is 1.75. The van der Waals surface area contributed by atoms with E-state index in [0.29, 0.717) is 11.9 Å². The molecule has 0 amide bonds. The van der Waals surface area contributed by atoms with E-state index in [1.54, 1.807) is 13.3 Å². The Morgan fingerprint density at radius 3 is 3.12 bits per heavy atom. The fraction of sp³-hybridized carbons (Fsp3) is 0.600. The van der Waals surface area contributed by atoms with Crippen LogP contribution in [-0.2, 0) is 0 Å². The number of rotatable bonds is 2. The average Bonchev–Trinajstić information content (AvgIpc) is 2.29. The molecule has 1 aromatic rings. The van der Waals surface area contributed by atoms with E-state index < -0.39 is 0 Å². The molecular formula is C10H15BrN4O. The van der Waals surface area contributed by atoms with Crippen LogP contribution in [0.1, 0.15) is 6.92 Å². The van der Waals surface area contributed by atoms with Gasteiger partial charge in [0, 0.05) is 25.7 Å². The zero-order valence-corrected chi connectivity index (χ0v) is 11.0. The maximum atomic E-state index is 5.16. The second kappa shape index (κ2) is 4.97. The van der Waals surface area contributed by atoms with Gasteiger partial charge in [0.25, 0.3) is 0 Å². The number of halogens is 1. The third-order valence-electron chi connectivity index (χ3n) is 2.54. The van der Waals surface area contributed by atoms with Gasteiger partial charge in [-0.1, -0.05) is 0 Å². The predicted octanol–water partition coefficient (Wildman–Crippen LogP) is 1.05. The van der Waals surface area contributed by atoms with Gasteiger partial charge < -0.3 is 15.0 Å². The summed E-state index contributed by atoms with van der Waals surface area (Å²) in [5.41, 5.74) is 0. The molecule has 1 aliphatic heterocycles. The Kier molecular flexibility index (Phi) is 3.60. The van der Waals surface area contributed by atoms with Crippen molar-refractivity contribution in [3.8, 4) is 5.88 Å². The first-order valence-electron chi connectivity index (χ1n) is 5.25. The monoisotopic (exact) mass is 286 g/mol. The highest BCUT2D eigenvalue weighted by atomic mass is 79.9. The summed E-state index contributed by atoms with van der Waals surface area (Å²) in [6.45, 7) is 4.96. The van der Waals surface area contributed by atoms with E-state index in [9.17, 15) is 0 Å². The Morgan fingerprint density at radius 1 is 1.62 bits per heavy atom. The Labute approximate surface area is 103 Å². The molecule has 1 N–H and O–H groups in total. The van der Waals surface area contributed by atoms with Gasteiger partial charge in [-0.25, -0.2) is 4.98 Å². The summed E-state index contributed by atoms with van der Waals surface area (Å²) < 4.78 is 5.94. The van der Waals surface area contributed by atoms with E-state index in [2.05, 4.69) is 43.0 Å². The summed E-state index contributed by atoms with van der Waals surface area (Å²) in [4.78, 5) is 10.8. The van der Waals surface area contributed by atoms with Gasteiger partial charge in [-0.2, -0.15) is 4.98 Å². The number of methoxy groups -OCH3 is 1. The van der Waals surface area contributed by atoms with Crippen molar-refractivity contribution in [2.45, 2.75) is 13.0 Å². The van der Waals surface area contributed by atoms with Crippen molar-refractivity contribution >= 4 is 21.9 Å². The first-order chi connectivity index (χ1) is 7.70. The van der Waals surface area contributed by atoms with Crippen LogP contribution in [0.4, 0.5) is 5.95 Å². The van der Waals surface area contributed by atoms with E-state index >= 15 is 0 Å². The lowest BCUT2D eigenvalue weighted by Crippen LogP contribution is -2.49. The van der Waals surface area contributed by atoms with Crippen LogP contribution in [0.5, 0.6) is 5.88 Å². The van der Waals surface area contributed by atoms with Crippen molar-refractivity contribution in [3.05, 3.63) is 10.7 Å². The Hall–Kier alpha value is -0.880. The number of nitrogens with zero attached hydrogens (tertiary/aromatic N) is 3. The summed E-state index contributed by atoms with van der Waals surface area (Å²) in [6, 6.07) is 0.465. The van der Waals surface area contributed by atoms with E-state index in [-0.39, 0.29) is 0 Å². The van der Waals surface area contributed by atoms with Crippen LogP contribution in [0.25, 0.3) is 0 Å². The summed E-state index contributed by atoms with van der Waals surface area (Å²) in [5.74, 6) is 1.31. The lowest BCUT2D eigenvalue weighted by atomic mass is 10.2. The molecule has 0 aromatic carbocycles. The van der Waals surface area contributed by atoms with E-state index in [1.165, 1.54) is 0 Å². The molecule has 6 heteroatoms. The second-order valence-electron chi connectivity index (χ2n) is 3.83. The normalized spacial score (nSPS) is 20.9. The van der Waals surface area contributed by atoms with Gasteiger partial charge in [-0.15, -0.1) is 0 Å². The van der Waals surface area contributed by atoms with Crippen LogP contribution in [0.2, 0.25) is 0 Å². The van der Waals surface area contributed by atoms with Crippen LogP contribution < -0.4 is 15.0 Å². The quantitative estimate of drug-likeness (QED) is 0.881. The number of hydrogen-bond donors (Lipinski definition) is 1. The first-order valence-corrected chi connectivity index (χ1v) is 6.05. The van der Waals surface area contributed by atoms with Crippen LogP contribution in [0.3, 0.4) is 0 Å². The molecule has 0 saturated carbocycles. The van der Waals surface area contributed by atoms with E-state index in [1.807, 2.05) is 0 Å². The Balaban J connectivity index is 2.19. The molecule has 0 bridgehead atoms. The van der Waals surface area contributed by atoms with Gasteiger partial charge >= 0.3 is 0 Å². The number of ether oxygens (including phenoxy) is 1. The first kappa shape index (κ1) is 11.6. The lowest BCUT2D eigenvalue weighted by molar-refractivity contribution is 0.392. The van der Waals surface area contributed by atoms with Gasteiger partial charge in [0.1, 0.15) is 0 Å². The third-order valence-corrected chi connectivity index (χ3v) is 3.09. The van der Waals surface area contributed by atoms with E-state index in [0.717, 1.165) is 30.1 Å². The molecule has 16 heavy (non-hydrogen) atoms. The topological polar surface area (TPSA) is 50.3 Å². The Bertz CT molecular complexity index is 374. The minimum atomic E-state index is 0.465. The Morgan fingerprint density at radius 2 is 2.44 bits per heavy atom. The van der Waals surface area contributed by atoms with Crippen molar-refractivity contribution in [2.24, 2.45) is 0 Å². The molecule has 0 aliphatic carbocycles. The largest absolute Gasteiger partial charge is 0.480 e. The fourth-order valence-corrected chi connectivity index (χ4v) is 2.11. The summed E-state index contributed by atoms with van der Waals surface area (Å²) in [5, 5.41) is 3.38. The number of hydrogen-bond acceptors (Lipinski definition) is 5. The van der Waals surface area contributed by atoms with Gasteiger partial charge in [-0.3, -0.25) is 0 Å². The van der Waals surface area contributed by atoms with E-state index in [4.69, 9.17) is 4.74 Å². The van der Waals surface area contributed by atoms with Crippen LogP contribution >= 0.6 is 15.9 Å². The SMILES string of the molecule is COc1nc(N2CCNC(C)C2)ncc1Br. The highest BCUT2D eigenvalue weighted by Crippen LogP contribution is 2.23. The predicted molar refractivity (Wildman–Crippen MR) is 66.0 cm³/mol. The van der Waals surface area contributed by atoms with Crippen LogP contribution in [-0.4, -0.2) is 42.8 Å². The summed E-state index contributed by atoms with van der Waals surface area (Å²) in [7, 11) is 1.61. The standard InChI is InChI=1S/C10H15BrN4O/c1-7-6-15(4-3-12-7)10-13-5-8(11)9(14-10)16-2/h5,7,12H,3-4,6H2,1-2H3. The van der Waals surface area contributed by atoms with Crippen LogP contribution in [0.15, 0.2) is 10.7 Å². The molecule has 1 saturated heterocycles. The molecule has 5 nitrogen and oxygen atoms in total. The van der Waals surface area contributed by atoms with Gasteiger partial charge in [0.15, 0.2) is 0 Å². The van der Waals surface area contributed by atoms with Gasteiger partial charge in [-0.05, 0) is 22.9 Å². The zero-order chi connectivity index (χ0) is 11.5. The highest BCUT2D eigenvalue weighted by Gasteiger charge is 2.18. The molecule has 1 unspecified atom stereocenters. The molecule has 1 atom stereocenters. The minimum absolute atomic E-state index is 0.465. The van der Waals surface area contributed by atoms with Crippen molar-refractivity contribution in [1.82, 2.24) is 15.3 Å². The molecule has 1 fully saturated rings. The molecule has 1 aliphatic rings. The molecule has 88 valence electrons. The van der Waals surface area contributed by atoms with Gasteiger partial charge in [0.2, 0.25) is 11.8 Å². The molecule has 1 aromatic heterocycles. The van der Waals surface area contributed by atoms with Crippen molar-refractivity contribution in [1.29, 1.82) is 0 Å². The maximum Gasteiger partial charge on any atom is 0.232 e. The molecule has 0 spiro atoms. The number of aromatic nitrogens is 2. The van der Waals surface area contributed by atoms with Crippen molar-refractivity contribution < 1.29 is 4.74 Å². The number of piperazine rings is 1. The smallest absolute Gasteiger partial charge is 0.232 e. The summed E-state index contributed by atoms with van der Waals surface area (Å²) in [6.07, 6.45) is 1.73. The van der Waals surface area contributed by atoms with Crippen molar-refractivity contribution in [2.75, 3.05) is 31.6 Å². The maximum absolute atomic E-state index is 5.16. The second-order valence-corrected chi connectivity index (χ2v) is 4.68. The minimum Gasteiger partial charge on any atom is -0.480 e. The molecular weight excluding hydrogens is 272 g/mol. The highest BCUT2D eigenvalue weighted by molar-refractivity contribution is 9.10. The molecule has 2 heterocycles. The van der Waals surface area contributed by atoms with Gasteiger partial charge in [0.05, 0.1) is 17.8 Å². The lowest BCUT2D eigenvalue weighted by Gasteiger charge is -2.31. The zero-order valence-electron chi connectivity index (χ0n) is 9.40. The summed E-state index contributed by atoms with van der Waals surface area (Å²) >= 11 is 3.35. The third kappa shape index (κ3) is 2.44. The number of anilines is 1. The molecule has 0 radical (unpaired) electrons.